The van der Waals surface area contributed by atoms with Crippen LogP contribution in [0.3, 0.4) is 0 Å². The number of nitrogens with one attached hydrogen (secondary N) is 3. The first-order valence-corrected chi connectivity index (χ1v) is 10.6. The molecule has 2 heterocycles. The highest BCUT2D eigenvalue weighted by molar-refractivity contribution is 14.0. The van der Waals surface area contributed by atoms with Gasteiger partial charge in [-0.05, 0) is 51.8 Å². The Morgan fingerprint density at radius 2 is 2.10 bits per heavy atom. The zero-order chi connectivity index (χ0) is 20.2. The number of amides is 1. The number of likely N-dealkylation sites (tertiary alicyclic amines) is 1. The molecular weight excluding hydrogens is 479 g/mol. The molecule has 29 heavy (non-hydrogen) atoms. The van der Waals surface area contributed by atoms with Crippen LogP contribution in [0, 0.1) is 6.92 Å². The van der Waals surface area contributed by atoms with Crippen molar-refractivity contribution in [3.05, 3.63) is 23.9 Å². The lowest BCUT2D eigenvalue weighted by molar-refractivity contribution is -0.116. The molecule has 2 rings (SSSR count). The monoisotopic (exact) mass is 516 g/mol. The van der Waals surface area contributed by atoms with Gasteiger partial charge >= 0.3 is 0 Å². The number of aryl methyl sites for hydroxylation is 1. The number of hydrogen-bond donors (Lipinski definition) is 3. The summed E-state index contributed by atoms with van der Waals surface area (Å²) in [6, 6.07) is 6.30. The van der Waals surface area contributed by atoms with Crippen LogP contribution in [-0.2, 0) is 4.79 Å². The van der Waals surface area contributed by atoms with E-state index in [2.05, 4.69) is 37.8 Å². The molecular formula is C21H37IN6O. The number of rotatable bonds is 9. The maximum absolute atomic E-state index is 12.1. The fourth-order valence-electron chi connectivity index (χ4n) is 3.56. The first kappa shape index (κ1) is 25.6. The smallest absolute Gasteiger partial charge is 0.227 e. The molecule has 0 radical (unpaired) electrons. The first-order chi connectivity index (χ1) is 13.6. The van der Waals surface area contributed by atoms with Gasteiger partial charge in [0, 0.05) is 37.8 Å². The van der Waals surface area contributed by atoms with Gasteiger partial charge in [0.25, 0.3) is 0 Å². The van der Waals surface area contributed by atoms with Crippen LogP contribution in [-0.4, -0.2) is 60.5 Å². The summed E-state index contributed by atoms with van der Waals surface area (Å²) in [6.07, 6.45) is 5.53. The standard InChI is InChI=1S/C21H36N6O.HI/c1-4-18-10-6-7-15-27(18)16-14-24-21(22-5-2)23-13-12-20(28)26-19-11-8-9-17(3)25-19;/h8-9,11,18H,4-7,10,12-16H2,1-3H3,(H2,22,23,24)(H,25,26,28);1H. The molecule has 164 valence electrons. The maximum Gasteiger partial charge on any atom is 0.227 e. The molecule has 1 aliphatic heterocycles. The average Bonchev–Trinajstić information content (AvgIpc) is 2.68. The predicted molar refractivity (Wildman–Crippen MR) is 131 cm³/mol. The fourth-order valence-corrected chi connectivity index (χ4v) is 3.56. The molecule has 1 fully saturated rings. The zero-order valence-electron chi connectivity index (χ0n) is 18.0. The van der Waals surface area contributed by atoms with Crippen LogP contribution in [0.2, 0.25) is 0 Å². The Morgan fingerprint density at radius 1 is 1.28 bits per heavy atom. The van der Waals surface area contributed by atoms with Gasteiger partial charge in [-0.3, -0.25) is 14.7 Å². The number of halogens is 1. The number of hydrogen-bond acceptors (Lipinski definition) is 4. The third-order valence-corrected chi connectivity index (χ3v) is 5.02. The summed E-state index contributed by atoms with van der Waals surface area (Å²) in [7, 11) is 0. The Bertz CT molecular complexity index is 639. The highest BCUT2D eigenvalue weighted by Crippen LogP contribution is 2.18. The molecule has 1 saturated heterocycles. The van der Waals surface area contributed by atoms with Crippen molar-refractivity contribution >= 4 is 41.7 Å². The lowest BCUT2D eigenvalue weighted by Gasteiger charge is -2.34. The molecule has 3 N–H and O–H groups in total. The van der Waals surface area contributed by atoms with Crippen molar-refractivity contribution < 1.29 is 4.79 Å². The highest BCUT2D eigenvalue weighted by atomic mass is 127. The minimum absolute atomic E-state index is 0. The fraction of sp³-hybridized carbons (Fsp3) is 0.667. The summed E-state index contributed by atoms with van der Waals surface area (Å²) in [4.78, 5) is 23.6. The number of guanidine groups is 1. The largest absolute Gasteiger partial charge is 0.357 e. The van der Waals surface area contributed by atoms with Crippen LogP contribution < -0.4 is 16.0 Å². The number of nitrogens with zero attached hydrogens (tertiary/aromatic N) is 3. The van der Waals surface area contributed by atoms with Crippen molar-refractivity contribution in [2.24, 2.45) is 4.99 Å². The second-order valence-electron chi connectivity index (χ2n) is 7.24. The van der Waals surface area contributed by atoms with Gasteiger partial charge in [-0.2, -0.15) is 0 Å². The van der Waals surface area contributed by atoms with E-state index in [-0.39, 0.29) is 29.9 Å². The molecule has 8 heteroatoms. The summed E-state index contributed by atoms with van der Waals surface area (Å²) in [6.45, 7) is 10.5. The van der Waals surface area contributed by atoms with Crippen LogP contribution in [0.1, 0.15) is 51.6 Å². The third kappa shape index (κ3) is 9.75. The van der Waals surface area contributed by atoms with E-state index in [9.17, 15) is 4.79 Å². The molecule has 0 saturated carbocycles. The van der Waals surface area contributed by atoms with Crippen molar-refractivity contribution in [2.45, 2.75) is 58.9 Å². The van der Waals surface area contributed by atoms with E-state index >= 15 is 0 Å². The first-order valence-electron chi connectivity index (χ1n) is 10.6. The van der Waals surface area contributed by atoms with E-state index in [1.54, 1.807) is 6.07 Å². The van der Waals surface area contributed by atoms with Gasteiger partial charge in [0.05, 0.1) is 6.54 Å². The zero-order valence-corrected chi connectivity index (χ0v) is 20.4. The van der Waals surface area contributed by atoms with Gasteiger partial charge in [0.1, 0.15) is 5.82 Å². The van der Waals surface area contributed by atoms with Crippen LogP contribution in [0.5, 0.6) is 0 Å². The highest BCUT2D eigenvalue weighted by Gasteiger charge is 2.19. The molecule has 7 nitrogen and oxygen atoms in total. The van der Waals surface area contributed by atoms with Crippen molar-refractivity contribution in [2.75, 3.05) is 38.0 Å². The van der Waals surface area contributed by atoms with E-state index in [1.165, 1.54) is 32.2 Å². The quantitative estimate of drug-likeness (QED) is 0.267. The summed E-state index contributed by atoms with van der Waals surface area (Å²) in [5.74, 6) is 1.31. The van der Waals surface area contributed by atoms with E-state index in [1.807, 2.05) is 26.0 Å². The molecule has 0 aromatic carbocycles. The van der Waals surface area contributed by atoms with Crippen molar-refractivity contribution in [1.82, 2.24) is 20.5 Å². The van der Waals surface area contributed by atoms with Gasteiger partial charge < -0.3 is 16.0 Å². The molecule has 0 spiro atoms. The summed E-state index contributed by atoms with van der Waals surface area (Å²) in [5, 5.41) is 9.33. The Hall–Kier alpha value is -1.42. The van der Waals surface area contributed by atoms with Crippen molar-refractivity contribution in [3.63, 3.8) is 0 Å². The molecule has 1 unspecified atom stereocenters. The molecule has 1 aromatic rings. The van der Waals surface area contributed by atoms with E-state index in [0.29, 0.717) is 24.8 Å². The molecule has 1 aliphatic rings. The van der Waals surface area contributed by atoms with Crippen LogP contribution in [0.15, 0.2) is 23.2 Å². The number of anilines is 1. The Labute approximate surface area is 192 Å². The Kier molecular flexibility index (Phi) is 12.8. The minimum Gasteiger partial charge on any atom is -0.357 e. The number of aliphatic imine (C=N–C) groups is 1. The van der Waals surface area contributed by atoms with Crippen LogP contribution in [0.4, 0.5) is 5.82 Å². The number of aromatic nitrogens is 1. The Morgan fingerprint density at radius 3 is 2.83 bits per heavy atom. The third-order valence-electron chi connectivity index (χ3n) is 5.02. The van der Waals surface area contributed by atoms with Gasteiger partial charge in [0.15, 0.2) is 5.96 Å². The lowest BCUT2D eigenvalue weighted by Crippen LogP contribution is -2.42. The summed E-state index contributed by atoms with van der Waals surface area (Å²) in [5.41, 5.74) is 0.886. The number of carbonyl (C=O) groups is 1. The average molecular weight is 516 g/mol. The summed E-state index contributed by atoms with van der Waals surface area (Å²) < 4.78 is 0. The van der Waals surface area contributed by atoms with Gasteiger partial charge in [-0.15, -0.1) is 24.0 Å². The topological polar surface area (TPSA) is 81.7 Å². The van der Waals surface area contributed by atoms with Gasteiger partial charge in [-0.1, -0.05) is 19.4 Å². The van der Waals surface area contributed by atoms with Crippen LogP contribution in [0.25, 0.3) is 0 Å². The summed E-state index contributed by atoms with van der Waals surface area (Å²) >= 11 is 0. The molecule has 1 atom stereocenters. The van der Waals surface area contributed by atoms with E-state index in [4.69, 9.17) is 0 Å². The SMILES string of the molecule is CCNC(=NCCN1CCCCC1CC)NCCC(=O)Nc1cccc(C)n1.I. The molecule has 0 bridgehead atoms. The van der Waals surface area contributed by atoms with Crippen molar-refractivity contribution in [1.29, 1.82) is 0 Å². The number of carbonyl (C=O) groups excluding carboxylic acids is 1. The molecule has 0 aliphatic carbocycles. The van der Waals surface area contributed by atoms with Gasteiger partial charge in [0.2, 0.25) is 5.91 Å². The van der Waals surface area contributed by atoms with E-state index in [0.717, 1.165) is 31.3 Å². The van der Waals surface area contributed by atoms with Crippen molar-refractivity contribution in [3.8, 4) is 0 Å². The molecule has 1 aromatic heterocycles. The van der Waals surface area contributed by atoms with Gasteiger partial charge in [-0.25, -0.2) is 4.98 Å². The number of pyridine rings is 1. The maximum atomic E-state index is 12.1. The lowest BCUT2D eigenvalue weighted by atomic mass is 10.0. The number of piperidine rings is 1. The second kappa shape index (κ2) is 14.5. The Balaban J connectivity index is 0.00000420. The van der Waals surface area contributed by atoms with E-state index < -0.39 is 0 Å². The minimum atomic E-state index is -0.0550. The molecule has 1 amide bonds. The van der Waals surface area contributed by atoms with Crippen LogP contribution >= 0.6 is 24.0 Å². The normalized spacial score (nSPS) is 17.3. The predicted octanol–water partition coefficient (Wildman–Crippen LogP) is 3.16. The second-order valence-corrected chi connectivity index (χ2v) is 7.24.